The van der Waals surface area contributed by atoms with Crippen LogP contribution in [-0.2, 0) is 6.42 Å². The van der Waals surface area contributed by atoms with Crippen molar-refractivity contribution in [3.8, 4) is 0 Å². The maximum atomic E-state index is 4.73. The van der Waals surface area contributed by atoms with Gasteiger partial charge in [-0.05, 0) is 43.9 Å². The molecule has 100 valence electrons. The molecular formula is C16H21N3. The summed E-state index contributed by atoms with van der Waals surface area (Å²) in [5.41, 5.74) is 3.10. The summed E-state index contributed by atoms with van der Waals surface area (Å²) in [6, 6.07) is 8.66. The van der Waals surface area contributed by atoms with Crippen molar-refractivity contribution in [2.45, 2.75) is 38.6 Å². The van der Waals surface area contributed by atoms with Crippen LogP contribution in [0.1, 0.15) is 31.9 Å². The molecule has 3 rings (SSSR count). The summed E-state index contributed by atoms with van der Waals surface area (Å²) < 4.78 is 0. The summed E-state index contributed by atoms with van der Waals surface area (Å²) >= 11 is 0. The molecule has 0 aliphatic heterocycles. The van der Waals surface area contributed by atoms with Crippen LogP contribution in [0.4, 0.5) is 0 Å². The van der Waals surface area contributed by atoms with E-state index in [9.17, 15) is 0 Å². The third-order valence-electron chi connectivity index (χ3n) is 3.78. The molecule has 1 saturated carbocycles. The summed E-state index contributed by atoms with van der Waals surface area (Å²) in [4.78, 5) is 9.23. The van der Waals surface area contributed by atoms with E-state index in [0.29, 0.717) is 6.04 Å². The van der Waals surface area contributed by atoms with Gasteiger partial charge in [-0.1, -0.05) is 19.1 Å². The first kappa shape index (κ1) is 12.5. The molecule has 1 N–H and O–H groups in total. The summed E-state index contributed by atoms with van der Waals surface area (Å²) in [5, 5.41) is 3.66. The lowest BCUT2D eigenvalue weighted by molar-refractivity contribution is 0.456. The summed E-state index contributed by atoms with van der Waals surface area (Å²) in [6.45, 7) is 3.31. The van der Waals surface area contributed by atoms with E-state index in [0.717, 1.165) is 35.6 Å². The lowest BCUT2D eigenvalue weighted by atomic mass is 10.1. The minimum Gasteiger partial charge on any atom is -0.313 e. The molecule has 0 bridgehead atoms. The maximum absolute atomic E-state index is 4.73. The Bertz CT molecular complexity index is 548. The first-order valence-corrected chi connectivity index (χ1v) is 7.31. The molecule has 19 heavy (non-hydrogen) atoms. The van der Waals surface area contributed by atoms with Gasteiger partial charge in [-0.3, -0.25) is 4.98 Å². The number of nitrogens with one attached hydrogen (secondary N) is 1. The summed E-state index contributed by atoms with van der Waals surface area (Å²) in [6.07, 6.45) is 6.85. The van der Waals surface area contributed by atoms with Crippen LogP contribution in [0.5, 0.6) is 0 Å². The van der Waals surface area contributed by atoms with Crippen LogP contribution in [0, 0.1) is 5.92 Å². The van der Waals surface area contributed by atoms with Gasteiger partial charge in [-0.15, -0.1) is 0 Å². The summed E-state index contributed by atoms with van der Waals surface area (Å²) in [7, 11) is 0. The molecule has 1 aromatic heterocycles. The van der Waals surface area contributed by atoms with E-state index < -0.39 is 0 Å². The lowest BCUT2D eigenvalue weighted by Crippen LogP contribution is -2.34. The molecule has 1 aromatic carbocycles. The van der Waals surface area contributed by atoms with E-state index in [-0.39, 0.29) is 0 Å². The van der Waals surface area contributed by atoms with Gasteiger partial charge in [0.05, 0.1) is 16.7 Å². The second-order valence-corrected chi connectivity index (χ2v) is 5.45. The normalized spacial score (nSPS) is 16.7. The van der Waals surface area contributed by atoms with Crippen molar-refractivity contribution in [2.75, 3.05) is 6.54 Å². The zero-order valence-corrected chi connectivity index (χ0v) is 11.5. The standard InChI is InChI=1S/C16H21N3/c1-2-9-17-16(12-7-8-12)10-13-11-18-14-5-3-4-6-15(14)19-13/h3-6,11-12,16-17H,2,7-10H2,1H3. The first-order chi connectivity index (χ1) is 9.36. The molecule has 3 heteroatoms. The number of hydrogen-bond donors (Lipinski definition) is 1. The molecule has 2 aromatic rings. The Hall–Kier alpha value is -1.48. The van der Waals surface area contributed by atoms with Gasteiger partial charge in [0.2, 0.25) is 0 Å². The molecule has 1 fully saturated rings. The van der Waals surface area contributed by atoms with E-state index >= 15 is 0 Å². The molecular weight excluding hydrogens is 234 g/mol. The number of para-hydroxylation sites is 2. The van der Waals surface area contributed by atoms with Gasteiger partial charge in [0, 0.05) is 18.7 Å². The Morgan fingerprint density at radius 2 is 2.05 bits per heavy atom. The van der Waals surface area contributed by atoms with Gasteiger partial charge in [0.1, 0.15) is 0 Å². The largest absolute Gasteiger partial charge is 0.313 e. The second kappa shape index (κ2) is 5.66. The van der Waals surface area contributed by atoms with Crippen LogP contribution >= 0.6 is 0 Å². The van der Waals surface area contributed by atoms with Crippen LogP contribution in [0.2, 0.25) is 0 Å². The van der Waals surface area contributed by atoms with Gasteiger partial charge in [0.25, 0.3) is 0 Å². The SMILES string of the molecule is CCCNC(Cc1cnc2ccccc2n1)C1CC1. The third-order valence-corrected chi connectivity index (χ3v) is 3.78. The fourth-order valence-corrected chi connectivity index (χ4v) is 2.55. The van der Waals surface area contributed by atoms with Crippen molar-refractivity contribution in [2.24, 2.45) is 5.92 Å². The quantitative estimate of drug-likeness (QED) is 0.862. The van der Waals surface area contributed by atoms with Gasteiger partial charge in [-0.2, -0.15) is 0 Å². The molecule has 0 amide bonds. The fraction of sp³-hybridized carbons (Fsp3) is 0.500. The highest BCUT2D eigenvalue weighted by molar-refractivity contribution is 5.73. The molecule has 3 nitrogen and oxygen atoms in total. The molecule has 1 heterocycles. The van der Waals surface area contributed by atoms with Crippen molar-refractivity contribution >= 4 is 11.0 Å². The smallest absolute Gasteiger partial charge is 0.0890 e. The highest BCUT2D eigenvalue weighted by atomic mass is 14.9. The maximum Gasteiger partial charge on any atom is 0.0890 e. The Balaban J connectivity index is 1.75. The number of fused-ring (bicyclic) bond motifs is 1. The van der Waals surface area contributed by atoms with Crippen LogP contribution in [0.3, 0.4) is 0 Å². The molecule has 0 saturated heterocycles. The topological polar surface area (TPSA) is 37.8 Å². The number of nitrogens with zero attached hydrogens (tertiary/aromatic N) is 2. The average molecular weight is 255 g/mol. The Kier molecular flexibility index (Phi) is 3.74. The van der Waals surface area contributed by atoms with Crippen LogP contribution in [-0.4, -0.2) is 22.6 Å². The molecule has 0 radical (unpaired) electrons. The molecule has 1 aliphatic carbocycles. The Labute approximate surface area is 114 Å². The van der Waals surface area contributed by atoms with Crippen LogP contribution in [0.25, 0.3) is 11.0 Å². The monoisotopic (exact) mass is 255 g/mol. The van der Waals surface area contributed by atoms with Crippen molar-refractivity contribution in [1.29, 1.82) is 0 Å². The third kappa shape index (κ3) is 3.10. The first-order valence-electron chi connectivity index (χ1n) is 7.31. The minimum atomic E-state index is 0.579. The van der Waals surface area contributed by atoms with Crippen LogP contribution < -0.4 is 5.32 Å². The van der Waals surface area contributed by atoms with Gasteiger partial charge < -0.3 is 5.32 Å². The van der Waals surface area contributed by atoms with Crippen molar-refractivity contribution in [1.82, 2.24) is 15.3 Å². The lowest BCUT2D eigenvalue weighted by Gasteiger charge is -2.17. The predicted molar refractivity (Wildman–Crippen MR) is 78.0 cm³/mol. The Morgan fingerprint density at radius 3 is 2.79 bits per heavy atom. The minimum absolute atomic E-state index is 0.579. The number of aromatic nitrogens is 2. The molecule has 1 unspecified atom stereocenters. The van der Waals surface area contributed by atoms with E-state index in [1.54, 1.807) is 0 Å². The van der Waals surface area contributed by atoms with Crippen LogP contribution in [0.15, 0.2) is 30.5 Å². The highest BCUT2D eigenvalue weighted by Crippen LogP contribution is 2.34. The van der Waals surface area contributed by atoms with Gasteiger partial charge in [-0.25, -0.2) is 4.98 Å². The highest BCUT2D eigenvalue weighted by Gasteiger charge is 2.31. The summed E-state index contributed by atoms with van der Waals surface area (Å²) in [5.74, 6) is 0.847. The zero-order valence-electron chi connectivity index (χ0n) is 11.5. The molecule has 1 aliphatic rings. The second-order valence-electron chi connectivity index (χ2n) is 5.45. The Morgan fingerprint density at radius 1 is 1.26 bits per heavy atom. The molecule has 1 atom stereocenters. The van der Waals surface area contributed by atoms with Crippen molar-refractivity contribution in [3.05, 3.63) is 36.2 Å². The zero-order chi connectivity index (χ0) is 13.1. The average Bonchev–Trinajstić information content (AvgIpc) is 3.28. The number of benzene rings is 1. The van der Waals surface area contributed by atoms with E-state index in [2.05, 4.69) is 17.2 Å². The van der Waals surface area contributed by atoms with Crippen molar-refractivity contribution in [3.63, 3.8) is 0 Å². The van der Waals surface area contributed by atoms with Gasteiger partial charge in [0.15, 0.2) is 0 Å². The number of rotatable bonds is 6. The van der Waals surface area contributed by atoms with Crippen molar-refractivity contribution < 1.29 is 0 Å². The van der Waals surface area contributed by atoms with Gasteiger partial charge >= 0.3 is 0 Å². The number of hydrogen-bond acceptors (Lipinski definition) is 3. The molecule has 0 spiro atoms. The fourth-order valence-electron chi connectivity index (χ4n) is 2.55. The predicted octanol–water partition coefficient (Wildman–Crippen LogP) is 2.95. The van der Waals surface area contributed by atoms with E-state index in [1.165, 1.54) is 19.3 Å². The van der Waals surface area contributed by atoms with E-state index in [1.807, 2.05) is 30.5 Å². The van der Waals surface area contributed by atoms with E-state index in [4.69, 9.17) is 4.98 Å².